The fourth-order valence-corrected chi connectivity index (χ4v) is 2.89. The molecule has 1 heterocycles. The van der Waals surface area contributed by atoms with Crippen molar-refractivity contribution in [3.63, 3.8) is 0 Å². The zero-order chi connectivity index (χ0) is 19.6. The molecule has 0 aromatic heterocycles. The molecule has 7 nitrogen and oxygen atoms in total. The van der Waals surface area contributed by atoms with Crippen LogP contribution in [-0.4, -0.2) is 67.1 Å². The van der Waals surface area contributed by atoms with Crippen molar-refractivity contribution >= 4 is 11.9 Å². The van der Waals surface area contributed by atoms with Crippen LogP contribution in [0.15, 0.2) is 24.3 Å². The molecule has 27 heavy (non-hydrogen) atoms. The highest BCUT2D eigenvalue weighted by atomic mass is 16.5. The Hall–Kier alpha value is -2.28. The molecule has 3 amide bonds. The number of piperazine rings is 1. The molecule has 1 aliphatic heterocycles. The first-order chi connectivity index (χ1) is 13.0. The van der Waals surface area contributed by atoms with Crippen molar-refractivity contribution < 1.29 is 14.3 Å². The van der Waals surface area contributed by atoms with E-state index in [1.54, 1.807) is 4.90 Å². The first-order valence-corrected chi connectivity index (χ1v) is 9.74. The number of hydrogen-bond acceptors (Lipinski definition) is 4. The fraction of sp³-hybridized carbons (Fsp3) is 0.600. The minimum Gasteiger partial charge on any atom is -0.494 e. The number of nitrogens with zero attached hydrogens (tertiary/aromatic N) is 2. The van der Waals surface area contributed by atoms with Gasteiger partial charge in [-0.05, 0) is 38.0 Å². The van der Waals surface area contributed by atoms with Crippen molar-refractivity contribution in [3.8, 4) is 5.75 Å². The Labute approximate surface area is 162 Å². The SMILES string of the molecule is CCCOc1ccc(CNC(=O)N2CCN(CC(=O)NC(C)C)CC2)cc1. The third-order valence-corrected chi connectivity index (χ3v) is 4.32. The maximum Gasteiger partial charge on any atom is 0.317 e. The molecule has 1 aromatic carbocycles. The quantitative estimate of drug-likeness (QED) is 0.726. The van der Waals surface area contributed by atoms with Crippen LogP contribution in [0.1, 0.15) is 32.8 Å². The Morgan fingerprint density at radius 3 is 2.37 bits per heavy atom. The van der Waals surface area contributed by atoms with Gasteiger partial charge in [-0.2, -0.15) is 0 Å². The second-order valence-corrected chi connectivity index (χ2v) is 7.14. The van der Waals surface area contributed by atoms with Gasteiger partial charge in [-0.3, -0.25) is 9.69 Å². The summed E-state index contributed by atoms with van der Waals surface area (Å²) in [5, 5.41) is 5.86. The first-order valence-electron chi connectivity index (χ1n) is 9.74. The van der Waals surface area contributed by atoms with E-state index in [1.807, 2.05) is 38.1 Å². The number of benzene rings is 1. The summed E-state index contributed by atoms with van der Waals surface area (Å²) >= 11 is 0. The normalized spacial score (nSPS) is 14.9. The lowest BCUT2D eigenvalue weighted by molar-refractivity contribution is -0.123. The van der Waals surface area contributed by atoms with Crippen molar-refractivity contribution in [3.05, 3.63) is 29.8 Å². The zero-order valence-electron chi connectivity index (χ0n) is 16.7. The van der Waals surface area contributed by atoms with E-state index >= 15 is 0 Å². The Kier molecular flexibility index (Phi) is 8.39. The predicted octanol–water partition coefficient (Wildman–Crippen LogP) is 1.83. The number of rotatable bonds is 8. The molecule has 1 aromatic rings. The van der Waals surface area contributed by atoms with Crippen molar-refractivity contribution in [2.24, 2.45) is 0 Å². The summed E-state index contributed by atoms with van der Waals surface area (Å²) < 4.78 is 5.56. The molecule has 7 heteroatoms. The van der Waals surface area contributed by atoms with Crippen molar-refractivity contribution in [2.75, 3.05) is 39.3 Å². The molecule has 2 N–H and O–H groups in total. The molecule has 1 aliphatic rings. The summed E-state index contributed by atoms with van der Waals surface area (Å²) in [4.78, 5) is 28.1. The maximum atomic E-state index is 12.3. The lowest BCUT2D eigenvalue weighted by Crippen LogP contribution is -2.53. The summed E-state index contributed by atoms with van der Waals surface area (Å²) in [7, 11) is 0. The van der Waals surface area contributed by atoms with Crippen LogP contribution >= 0.6 is 0 Å². The van der Waals surface area contributed by atoms with Gasteiger partial charge in [0.15, 0.2) is 0 Å². The maximum absolute atomic E-state index is 12.3. The van der Waals surface area contributed by atoms with E-state index in [0.29, 0.717) is 45.9 Å². The summed E-state index contributed by atoms with van der Waals surface area (Å²) in [5.74, 6) is 0.888. The average molecular weight is 377 g/mol. The number of carbonyl (C=O) groups excluding carboxylic acids is 2. The number of ether oxygens (including phenoxy) is 1. The largest absolute Gasteiger partial charge is 0.494 e. The molecule has 0 saturated carbocycles. The molecule has 0 spiro atoms. The summed E-state index contributed by atoms with van der Waals surface area (Å²) in [6.45, 7) is 10.2. The van der Waals surface area contributed by atoms with Crippen LogP contribution < -0.4 is 15.4 Å². The molecule has 1 saturated heterocycles. The fourth-order valence-electron chi connectivity index (χ4n) is 2.89. The second kappa shape index (κ2) is 10.8. The Morgan fingerprint density at radius 1 is 1.11 bits per heavy atom. The Balaban J connectivity index is 1.69. The number of carbonyl (C=O) groups is 2. The van der Waals surface area contributed by atoms with E-state index in [9.17, 15) is 9.59 Å². The third-order valence-electron chi connectivity index (χ3n) is 4.32. The van der Waals surface area contributed by atoms with Crippen LogP contribution in [-0.2, 0) is 11.3 Å². The molecule has 0 unspecified atom stereocenters. The minimum absolute atomic E-state index is 0.0364. The zero-order valence-corrected chi connectivity index (χ0v) is 16.7. The molecule has 0 bridgehead atoms. The van der Waals surface area contributed by atoms with Gasteiger partial charge < -0.3 is 20.3 Å². The predicted molar refractivity (Wildman–Crippen MR) is 106 cm³/mol. The van der Waals surface area contributed by atoms with E-state index in [1.165, 1.54) is 0 Å². The van der Waals surface area contributed by atoms with Crippen molar-refractivity contribution in [2.45, 2.75) is 39.8 Å². The number of urea groups is 1. The highest BCUT2D eigenvalue weighted by Crippen LogP contribution is 2.12. The van der Waals surface area contributed by atoms with Gasteiger partial charge in [0, 0.05) is 38.8 Å². The number of amides is 3. The average Bonchev–Trinajstić information content (AvgIpc) is 2.65. The Morgan fingerprint density at radius 2 is 1.78 bits per heavy atom. The molecule has 150 valence electrons. The third kappa shape index (κ3) is 7.46. The number of nitrogens with one attached hydrogen (secondary N) is 2. The summed E-state index contributed by atoms with van der Waals surface area (Å²) in [6.07, 6.45) is 0.980. The van der Waals surface area contributed by atoms with Crippen molar-refractivity contribution in [1.29, 1.82) is 0 Å². The molecule has 2 rings (SSSR count). The Bertz CT molecular complexity index is 596. The standard InChI is InChI=1S/C20H32N4O3/c1-4-13-27-18-7-5-17(6-8-18)14-21-20(26)24-11-9-23(10-12-24)15-19(25)22-16(2)3/h5-8,16H,4,9-15H2,1-3H3,(H,21,26)(H,22,25). The van der Waals surface area contributed by atoms with Gasteiger partial charge in [0.1, 0.15) is 5.75 Å². The summed E-state index contributed by atoms with van der Waals surface area (Å²) in [5.41, 5.74) is 1.04. The molecule has 0 atom stereocenters. The molecule has 1 fully saturated rings. The van der Waals surface area contributed by atoms with Crippen LogP contribution in [0.5, 0.6) is 5.75 Å². The van der Waals surface area contributed by atoms with Gasteiger partial charge in [-0.15, -0.1) is 0 Å². The number of hydrogen-bond donors (Lipinski definition) is 2. The van der Waals surface area contributed by atoms with E-state index in [2.05, 4.69) is 22.5 Å². The van der Waals surface area contributed by atoms with Gasteiger partial charge >= 0.3 is 6.03 Å². The van der Waals surface area contributed by atoms with E-state index < -0.39 is 0 Å². The van der Waals surface area contributed by atoms with Gasteiger partial charge in [0.25, 0.3) is 0 Å². The second-order valence-electron chi connectivity index (χ2n) is 7.14. The lowest BCUT2D eigenvalue weighted by atomic mass is 10.2. The first kappa shape index (κ1) is 21.0. The summed E-state index contributed by atoms with van der Waals surface area (Å²) in [6, 6.07) is 7.88. The lowest BCUT2D eigenvalue weighted by Gasteiger charge is -2.34. The van der Waals surface area contributed by atoms with Crippen molar-refractivity contribution in [1.82, 2.24) is 20.4 Å². The van der Waals surface area contributed by atoms with Gasteiger partial charge in [-0.1, -0.05) is 19.1 Å². The van der Waals surface area contributed by atoms with Crippen LogP contribution in [0.3, 0.4) is 0 Å². The van der Waals surface area contributed by atoms with Crippen LogP contribution in [0.25, 0.3) is 0 Å². The highest BCUT2D eigenvalue weighted by molar-refractivity contribution is 5.78. The van der Waals surface area contributed by atoms with Gasteiger partial charge in [0.05, 0.1) is 13.2 Å². The van der Waals surface area contributed by atoms with Gasteiger partial charge in [0.2, 0.25) is 5.91 Å². The van der Waals surface area contributed by atoms with E-state index in [0.717, 1.165) is 17.7 Å². The highest BCUT2D eigenvalue weighted by Gasteiger charge is 2.22. The van der Waals surface area contributed by atoms with E-state index in [4.69, 9.17) is 4.74 Å². The van der Waals surface area contributed by atoms with Crippen LogP contribution in [0.4, 0.5) is 4.79 Å². The van der Waals surface area contributed by atoms with Gasteiger partial charge in [-0.25, -0.2) is 4.79 Å². The van der Waals surface area contributed by atoms with E-state index in [-0.39, 0.29) is 18.0 Å². The topological polar surface area (TPSA) is 73.9 Å². The molecular formula is C20H32N4O3. The molecule has 0 aliphatic carbocycles. The smallest absolute Gasteiger partial charge is 0.317 e. The molecule has 0 radical (unpaired) electrons. The monoisotopic (exact) mass is 376 g/mol. The van der Waals surface area contributed by atoms with Crippen LogP contribution in [0, 0.1) is 0 Å². The molecular weight excluding hydrogens is 344 g/mol. The minimum atomic E-state index is -0.0624. The van der Waals surface area contributed by atoms with Crippen LogP contribution in [0.2, 0.25) is 0 Å².